The van der Waals surface area contributed by atoms with Gasteiger partial charge in [0, 0.05) is 36.9 Å². The molecule has 0 unspecified atom stereocenters. The second-order valence-electron chi connectivity index (χ2n) is 10.5. The quantitative estimate of drug-likeness (QED) is 0.296. The molecule has 4 aromatic rings. The van der Waals surface area contributed by atoms with Crippen LogP contribution in [-0.2, 0) is 17.5 Å². The smallest absolute Gasteiger partial charge is 0.416 e. The van der Waals surface area contributed by atoms with E-state index in [1.807, 2.05) is 35.8 Å². The molecule has 1 aliphatic heterocycles. The molecule has 2 fully saturated rings. The van der Waals surface area contributed by atoms with Crippen molar-refractivity contribution in [2.75, 3.05) is 36.5 Å². The highest BCUT2D eigenvalue weighted by molar-refractivity contribution is 5.92. The highest BCUT2D eigenvalue weighted by Crippen LogP contribution is 2.36. The van der Waals surface area contributed by atoms with Gasteiger partial charge in [0.25, 0.3) is 0 Å². The van der Waals surface area contributed by atoms with Crippen molar-refractivity contribution >= 4 is 28.6 Å². The number of carboxylic acid groups (broad SMARTS) is 1. The Morgan fingerprint density at radius 1 is 1.05 bits per heavy atom. The normalized spacial score (nSPS) is 16.6. The van der Waals surface area contributed by atoms with Crippen LogP contribution in [0.5, 0.6) is 0 Å². The van der Waals surface area contributed by atoms with E-state index in [9.17, 15) is 23.1 Å². The van der Waals surface area contributed by atoms with Crippen LogP contribution in [0.2, 0.25) is 0 Å². The van der Waals surface area contributed by atoms with Crippen LogP contribution in [0.1, 0.15) is 41.5 Å². The number of nitrogens with one attached hydrogen (secondary N) is 1. The minimum atomic E-state index is -4.44. The Labute approximate surface area is 234 Å². The largest absolute Gasteiger partial charge is 0.475 e. The summed E-state index contributed by atoms with van der Waals surface area (Å²) >= 11 is 0. The number of anilines is 2. The van der Waals surface area contributed by atoms with Crippen molar-refractivity contribution in [3.05, 3.63) is 65.5 Å². The number of morpholine rings is 1. The average molecular weight is 567 g/mol. The number of benzene rings is 2. The molecule has 0 amide bonds. The number of halogens is 3. The van der Waals surface area contributed by atoms with E-state index in [4.69, 9.17) is 9.72 Å². The minimum absolute atomic E-state index is 0.0421. The van der Waals surface area contributed by atoms with E-state index in [0.29, 0.717) is 41.9 Å². The maximum absolute atomic E-state index is 13.2. The molecule has 1 saturated carbocycles. The molecule has 12 heteroatoms. The fraction of sp³-hybridized carbons (Fsp3) is 0.379. The van der Waals surface area contributed by atoms with E-state index in [1.54, 1.807) is 0 Å². The number of hydrogen-bond acceptors (Lipinski definition) is 7. The molecule has 2 N–H and O–H groups in total. The second kappa shape index (κ2) is 10.7. The Hall–Kier alpha value is -4.19. The summed E-state index contributed by atoms with van der Waals surface area (Å²) in [7, 11) is 0. The van der Waals surface area contributed by atoms with Crippen molar-refractivity contribution < 1.29 is 27.8 Å². The van der Waals surface area contributed by atoms with Gasteiger partial charge in [-0.25, -0.2) is 19.7 Å². The van der Waals surface area contributed by atoms with Crippen molar-refractivity contribution in [2.24, 2.45) is 5.92 Å². The molecule has 41 heavy (non-hydrogen) atoms. The van der Waals surface area contributed by atoms with E-state index in [2.05, 4.69) is 20.2 Å². The molecule has 2 aromatic heterocycles. The molecule has 0 bridgehead atoms. The van der Waals surface area contributed by atoms with E-state index in [-0.39, 0.29) is 24.1 Å². The SMILES string of the molecule is C[C@@H](Nc1nc(C(=O)O)nc2nc(-c3ccc(N4CCOCC4)cc3)n(Cc3ccc(C(F)(F)F)cc3)c12)C1CC1. The van der Waals surface area contributed by atoms with Crippen molar-refractivity contribution in [3.8, 4) is 11.4 Å². The number of aromatic carboxylic acids is 1. The number of aromatic nitrogens is 4. The molecule has 0 spiro atoms. The van der Waals surface area contributed by atoms with Gasteiger partial charge < -0.3 is 24.6 Å². The highest BCUT2D eigenvalue weighted by Gasteiger charge is 2.31. The molecule has 1 atom stereocenters. The lowest BCUT2D eigenvalue weighted by Crippen LogP contribution is -2.36. The van der Waals surface area contributed by atoms with Gasteiger partial charge in [-0.05, 0) is 67.6 Å². The minimum Gasteiger partial charge on any atom is -0.475 e. The predicted molar refractivity (Wildman–Crippen MR) is 147 cm³/mol. The molecule has 0 radical (unpaired) electrons. The van der Waals surface area contributed by atoms with Gasteiger partial charge in [-0.1, -0.05) is 12.1 Å². The third-order valence-corrected chi connectivity index (χ3v) is 7.61. The summed E-state index contributed by atoms with van der Waals surface area (Å²) in [5.41, 5.74) is 2.37. The van der Waals surface area contributed by atoms with E-state index in [0.717, 1.165) is 49.3 Å². The zero-order valence-corrected chi connectivity index (χ0v) is 22.4. The van der Waals surface area contributed by atoms with E-state index < -0.39 is 17.7 Å². The van der Waals surface area contributed by atoms with Crippen LogP contribution in [-0.4, -0.2) is 62.9 Å². The lowest BCUT2D eigenvalue weighted by molar-refractivity contribution is -0.137. The molecular weight excluding hydrogens is 537 g/mol. The predicted octanol–water partition coefficient (Wildman–Crippen LogP) is 5.31. The topological polar surface area (TPSA) is 105 Å². The number of carbonyl (C=O) groups is 1. The average Bonchev–Trinajstić information content (AvgIpc) is 3.76. The summed E-state index contributed by atoms with van der Waals surface area (Å²) in [6.45, 7) is 5.08. The summed E-state index contributed by atoms with van der Waals surface area (Å²) in [6, 6.07) is 12.9. The van der Waals surface area contributed by atoms with Crippen molar-refractivity contribution in [1.82, 2.24) is 19.5 Å². The maximum Gasteiger partial charge on any atom is 0.416 e. The number of nitrogens with zero attached hydrogens (tertiary/aromatic N) is 5. The fourth-order valence-corrected chi connectivity index (χ4v) is 5.16. The second-order valence-corrected chi connectivity index (χ2v) is 10.5. The first kappa shape index (κ1) is 27.0. The molecule has 6 rings (SSSR count). The Kier molecular flexibility index (Phi) is 7.02. The van der Waals surface area contributed by atoms with Gasteiger partial charge in [0.15, 0.2) is 11.5 Å². The Bertz CT molecular complexity index is 1560. The van der Waals surface area contributed by atoms with Crippen LogP contribution in [0.25, 0.3) is 22.6 Å². The molecule has 2 aliphatic rings. The van der Waals surface area contributed by atoms with Crippen LogP contribution in [0.4, 0.5) is 24.7 Å². The molecular formula is C29H29F3N6O3. The lowest BCUT2D eigenvalue weighted by atomic mass is 10.1. The highest BCUT2D eigenvalue weighted by atomic mass is 19.4. The third-order valence-electron chi connectivity index (χ3n) is 7.61. The van der Waals surface area contributed by atoms with Crippen LogP contribution in [0.15, 0.2) is 48.5 Å². The number of ether oxygens (including phenoxy) is 1. The third kappa shape index (κ3) is 5.69. The van der Waals surface area contributed by atoms with Gasteiger partial charge in [0.2, 0.25) is 5.82 Å². The summed E-state index contributed by atoms with van der Waals surface area (Å²) in [4.78, 5) is 27.4. The summed E-state index contributed by atoms with van der Waals surface area (Å²) in [5.74, 6) is -0.360. The number of carboxylic acids is 1. The monoisotopic (exact) mass is 566 g/mol. The fourth-order valence-electron chi connectivity index (χ4n) is 5.16. The first-order valence-corrected chi connectivity index (χ1v) is 13.5. The summed E-state index contributed by atoms with van der Waals surface area (Å²) in [6.07, 6.45) is -2.30. The lowest BCUT2D eigenvalue weighted by Gasteiger charge is -2.28. The van der Waals surface area contributed by atoms with Gasteiger partial charge in [0.05, 0.1) is 18.8 Å². The first-order valence-electron chi connectivity index (χ1n) is 13.5. The standard InChI is InChI=1S/C29H29F3N6O3/c1-17(19-4-5-19)33-24-23-25(35-26(34-24)28(39)40)36-27(20-6-10-22(11-7-20)37-12-14-41-15-13-37)38(23)16-18-2-8-21(9-3-18)29(30,31)32/h2-3,6-11,17,19H,4-5,12-16H2,1H3,(H,39,40)(H,33,34,35)/t17-/m1/s1. The van der Waals surface area contributed by atoms with Gasteiger partial charge >= 0.3 is 12.1 Å². The Morgan fingerprint density at radius 3 is 2.34 bits per heavy atom. The van der Waals surface area contributed by atoms with Crippen LogP contribution in [0, 0.1) is 5.92 Å². The number of imidazole rings is 1. The molecule has 2 aromatic carbocycles. The maximum atomic E-state index is 13.2. The van der Waals surface area contributed by atoms with Gasteiger partial charge in [0.1, 0.15) is 11.3 Å². The van der Waals surface area contributed by atoms with Crippen molar-refractivity contribution in [1.29, 1.82) is 0 Å². The van der Waals surface area contributed by atoms with Gasteiger partial charge in [-0.3, -0.25) is 0 Å². The van der Waals surface area contributed by atoms with Crippen molar-refractivity contribution in [2.45, 2.75) is 38.5 Å². The van der Waals surface area contributed by atoms with Crippen molar-refractivity contribution in [3.63, 3.8) is 0 Å². The Morgan fingerprint density at radius 2 is 1.73 bits per heavy atom. The number of rotatable bonds is 8. The molecule has 214 valence electrons. The Balaban J connectivity index is 1.46. The molecule has 9 nitrogen and oxygen atoms in total. The number of fused-ring (bicyclic) bond motifs is 1. The summed E-state index contributed by atoms with van der Waals surface area (Å²) in [5, 5.41) is 13.1. The van der Waals surface area contributed by atoms with Crippen LogP contribution >= 0.6 is 0 Å². The molecule has 1 aliphatic carbocycles. The van der Waals surface area contributed by atoms with Crippen LogP contribution < -0.4 is 10.2 Å². The van der Waals surface area contributed by atoms with Gasteiger partial charge in [-0.2, -0.15) is 13.2 Å². The molecule has 3 heterocycles. The number of alkyl halides is 3. The van der Waals surface area contributed by atoms with E-state index >= 15 is 0 Å². The molecule has 1 saturated heterocycles. The number of hydrogen-bond donors (Lipinski definition) is 2. The van der Waals surface area contributed by atoms with Gasteiger partial charge in [-0.15, -0.1) is 0 Å². The van der Waals surface area contributed by atoms with E-state index in [1.165, 1.54) is 12.1 Å². The zero-order chi connectivity index (χ0) is 28.7. The first-order chi connectivity index (χ1) is 19.7. The summed E-state index contributed by atoms with van der Waals surface area (Å²) < 4.78 is 46.9. The van der Waals surface area contributed by atoms with Crippen LogP contribution in [0.3, 0.4) is 0 Å². The zero-order valence-electron chi connectivity index (χ0n) is 22.4.